The van der Waals surface area contributed by atoms with Gasteiger partial charge in [-0.25, -0.2) is 4.79 Å². The number of nitrogens with one attached hydrogen (secondary N) is 1. The summed E-state index contributed by atoms with van der Waals surface area (Å²) < 4.78 is 0. The lowest BCUT2D eigenvalue weighted by molar-refractivity contribution is 0.149. The molecular formula is C16H22N2O. The average Bonchev–Trinajstić information content (AvgIpc) is 2.40. The SMILES string of the molecule is Cc1ccc2c(c1)CN(C1CCC(C)CC1)C(=O)N2. The van der Waals surface area contributed by atoms with Crippen molar-refractivity contribution >= 4 is 11.7 Å². The van der Waals surface area contributed by atoms with Crippen molar-refractivity contribution in [2.75, 3.05) is 5.32 Å². The van der Waals surface area contributed by atoms with Crippen molar-refractivity contribution in [3.8, 4) is 0 Å². The van der Waals surface area contributed by atoms with Crippen molar-refractivity contribution in [2.24, 2.45) is 5.92 Å². The summed E-state index contributed by atoms with van der Waals surface area (Å²) in [5, 5.41) is 3.03. The van der Waals surface area contributed by atoms with Gasteiger partial charge in [-0.2, -0.15) is 0 Å². The highest BCUT2D eigenvalue weighted by Gasteiger charge is 2.31. The van der Waals surface area contributed by atoms with E-state index in [1.54, 1.807) is 0 Å². The molecule has 19 heavy (non-hydrogen) atoms. The monoisotopic (exact) mass is 258 g/mol. The highest BCUT2D eigenvalue weighted by molar-refractivity contribution is 5.92. The Morgan fingerprint density at radius 2 is 1.95 bits per heavy atom. The van der Waals surface area contributed by atoms with Crippen molar-refractivity contribution in [3.63, 3.8) is 0 Å². The highest BCUT2D eigenvalue weighted by Crippen LogP contribution is 2.32. The molecule has 3 nitrogen and oxygen atoms in total. The number of aryl methyl sites for hydroxylation is 1. The molecule has 0 bridgehead atoms. The highest BCUT2D eigenvalue weighted by atomic mass is 16.2. The number of anilines is 1. The number of carbonyl (C=O) groups excluding carboxylic acids is 1. The molecule has 0 saturated heterocycles. The summed E-state index contributed by atoms with van der Waals surface area (Å²) in [6, 6.07) is 6.76. The van der Waals surface area contributed by atoms with Crippen molar-refractivity contribution in [3.05, 3.63) is 29.3 Å². The first-order chi connectivity index (χ1) is 9.13. The summed E-state index contributed by atoms with van der Waals surface area (Å²) in [6.07, 6.45) is 4.79. The fourth-order valence-electron chi connectivity index (χ4n) is 3.27. The van der Waals surface area contributed by atoms with E-state index in [1.165, 1.54) is 24.0 Å². The van der Waals surface area contributed by atoms with E-state index in [1.807, 2.05) is 11.0 Å². The first kappa shape index (κ1) is 12.5. The Balaban J connectivity index is 1.79. The summed E-state index contributed by atoms with van der Waals surface area (Å²) in [6.45, 7) is 5.18. The number of benzene rings is 1. The molecule has 0 unspecified atom stereocenters. The van der Waals surface area contributed by atoms with Crippen molar-refractivity contribution in [2.45, 2.75) is 52.1 Å². The quantitative estimate of drug-likeness (QED) is 0.813. The van der Waals surface area contributed by atoms with Crippen LogP contribution in [0.25, 0.3) is 0 Å². The Morgan fingerprint density at radius 3 is 2.68 bits per heavy atom. The van der Waals surface area contributed by atoms with Gasteiger partial charge in [0.1, 0.15) is 0 Å². The topological polar surface area (TPSA) is 32.3 Å². The third-order valence-electron chi connectivity index (χ3n) is 4.53. The number of urea groups is 1. The van der Waals surface area contributed by atoms with Gasteiger partial charge in [0.05, 0.1) is 0 Å². The summed E-state index contributed by atoms with van der Waals surface area (Å²) >= 11 is 0. The molecule has 0 atom stereocenters. The van der Waals surface area contributed by atoms with Gasteiger partial charge < -0.3 is 10.2 Å². The van der Waals surface area contributed by atoms with E-state index in [4.69, 9.17) is 0 Å². The fraction of sp³-hybridized carbons (Fsp3) is 0.562. The van der Waals surface area contributed by atoms with Gasteiger partial charge in [0, 0.05) is 18.3 Å². The zero-order chi connectivity index (χ0) is 13.4. The molecule has 1 N–H and O–H groups in total. The number of amides is 2. The van der Waals surface area contributed by atoms with E-state index in [-0.39, 0.29) is 6.03 Å². The molecule has 2 amide bonds. The van der Waals surface area contributed by atoms with E-state index < -0.39 is 0 Å². The van der Waals surface area contributed by atoms with Gasteiger partial charge in [0.25, 0.3) is 0 Å². The lowest BCUT2D eigenvalue weighted by Gasteiger charge is -2.39. The number of nitrogens with zero attached hydrogens (tertiary/aromatic N) is 1. The number of hydrogen-bond acceptors (Lipinski definition) is 1. The van der Waals surface area contributed by atoms with Crippen LogP contribution < -0.4 is 5.32 Å². The van der Waals surface area contributed by atoms with Crippen LogP contribution >= 0.6 is 0 Å². The van der Waals surface area contributed by atoms with Gasteiger partial charge in [0.2, 0.25) is 0 Å². The Labute approximate surface area is 115 Å². The van der Waals surface area contributed by atoms with Crippen LogP contribution in [0.1, 0.15) is 43.7 Å². The summed E-state index contributed by atoms with van der Waals surface area (Å²) in [5.74, 6) is 0.818. The average molecular weight is 258 g/mol. The van der Waals surface area contributed by atoms with Crippen LogP contribution in [-0.2, 0) is 6.54 Å². The van der Waals surface area contributed by atoms with E-state index in [2.05, 4.69) is 31.3 Å². The molecule has 0 aromatic heterocycles. The van der Waals surface area contributed by atoms with Crippen molar-refractivity contribution in [1.29, 1.82) is 0 Å². The number of fused-ring (bicyclic) bond motifs is 1. The molecule has 1 aliphatic heterocycles. The van der Waals surface area contributed by atoms with E-state index >= 15 is 0 Å². The molecule has 102 valence electrons. The minimum Gasteiger partial charge on any atom is -0.317 e. The molecule has 1 fully saturated rings. The Hall–Kier alpha value is -1.51. The number of rotatable bonds is 1. The van der Waals surface area contributed by atoms with Gasteiger partial charge in [-0.1, -0.05) is 24.6 Å². The largest absolute Gasteiger partial charge is 0.322 e. The summed E-state index contributed by atoms with van der Waals surface area (Å²) in [4.78, 5) is 14.3. The van der Waals surface area contributed by atoms with Gasteiger partial charge in [0.15, 0.2) is 0 Å². The van der Waals surface area contributed by atoms with Crippen LogP contribution in [0.3, 0.4) is 0 Å². The maximum atomic E-state index is 12.2. The molecule has 2 aliphatic rings. The second kappa shape index (κ2) is 4.87. The molecule has 1 aromatic carbocycles. The molecule has 0 spiro atoms. The zero-order valence-electron chi connectivity index (χ0n) is 11.8. The Morgan fingerprint density at radius 1 is 1.21 bits per heavy atom. The van der Waals surface area contributed by atoms with Gasteiger partial charge >= 0.3 is 6.03 Å². The van der Waals surface area contributed by atoms with E-state index in [9.17, 15) is 4.79 Å². The maximum Gasteiger partial charge on any atom is 0.322 e. The van der Waals surface area contributed by atoms with Crippen molar-refractivity contribution < 1.29 is 4.79 Å². The first-order valence-electron chi connectivity index (χ1n) is 7.30. The maximum absolute atomic E-state index is 12.2. The van der Waals surface area contributed by atoms with Crippen LogP contribution in [-0.4, -0.2) is 17.0 Å². The molecule has 1 saturated carbocycles. The lowest BCUT2D eigenvalue weighted by atomic mass is 9.86. The van der Waals surface area contributed by atoms with Crippen LogP contribution in [0.15, 0.2) is 18.2 Å². The van der Waals surface area contributed by atoms with Crippen LogP contribution in [0.2, 0.25) is 0 Å². The zero-order valence-corrected chi connectivity index (χ0v) is 11.8. The predicted molar refractivity (Wildman–Crippen MR) is 77.2 cm³/mol. The van der Waals surface area contributed by atoms with Crippen molar-refractivity contribution in [1.82, 2.24) is 4.90 Å². The van der Waals surface area contributed by atoms with Crippen LogP contribution in [0.5, 0.6) is 0 Å². The molecular weight excluding hydrogens is 236 g/mol. The second-order valence-electron chi connectivity index (χ2n) is 6.13. The van der Waals surface area contributed by atoms with Crippen LogP contribution in [0.4, 0.5) is 10.5 Å². The molecule has 0 radical (unpaired) electrons. The van der Waals surface area contributed by atoms with Gasteiger partial charge in [-0.3, -0.25) is 0 Å². The molecule has 1 heterocycles. The molecule has 3 rings (SSSR count). The Bertz CT molecular complexity index is 490. The molecule has 1 aliphatic carbocycles. The minimum absolute atomic E-state index is 0.0795. The standard InChI is InChI=1S/C16H22N2O/c1-11-3-6-14(7-4-11)18-10-13-9-12(2)5-8-15(13)17-16(18)19/h5,8-9,11,14H,3-4,6-7,10H2,1-2H3,(H,17,19). The molecule has 1 aromatic rings. The second-order valence-corrected chi connectivity index (χ2v) is 6.13. The Kier molecular flexibility index (Phi) is 3.21. The normalized spacial score (nSPS) is 26.8. The van der Waals surface area contributed by atoms with E-state index in [0.717, 1.165) is 31.0 Å². The van der Waals surface area contributed by atoms with E-state index in [0.29, 0.717) is 6.04 Å². The van der Waals surface area contributed by atoms with Gasteiger partial charge in [-0.05, 0) is 50.2 Å². The third-order valence-corrected chi connectivity index (χ3v) is 4.53. The summed E-state index contributed by atoms with van der Waals surface area (Å²) in [7, 11) is 0. The predicted octanol–water partition coefficient (Wildman–Crippen LogP) is 3.92. The number of hydrogen-bond donors (Lipinski definition) is 1. The van der Waals surface area contributed by atoms with Gasteiger partial charge in [-0.15, -0.1) is 0 Å². The first-order valence-corrected chi connectivity index (χ1v) is 7.30. The summed E-state index contributed by atoms with van der Waals surface area (Å²) in [5.41, 5.74) is 3.49. The van der Waals surface area contributed by atoms with Crippen LogP contribution in [0, 0.1) is 12.8 Å². The molecule has 3 heteroatoms. The third kappa shape index (κ3) is 2.46. The minimum atomic E-state index is 0.0795. The number of carbonyl (C=O) groups is 1. The lowest BCUT2D eigenvalue weighted by Crippen LogP contribution is -2.46. The smallest absolute Gasteiger partial charge is 0.317 e. The fourth-order valence-corrected chi connectivity index (χ4v) is 3.27.